The number of rotatable bonds is 7. The lowest BCUT2D eigenvalue weighted by atomic mass is 10.0. The van der Waals surface area contributed by atoms with Crippen molar-refractivity contribution in [3.8, 4) is 11.5 Å². The summed E-state index contributed by atoms with van der Waals surface area (Å²) in [6.07, 6.45) is 1.89. The quantitative estimate of drug-likeness (QED) is 0.602. The molecule has 1 heterocycles. The smallest absolute Gasteiger partial charge is 0.127 e. The average molecular weight is 308 g/mol. The summed E-state index contributed by atoms with van der Waals surface area (Å²) in [5.41, 5.74) is 4.75. The number of aryl methyl sites for hydroxylation is 1. The van der Waals surface area contributed by atoms with Gasteiger partial charge in [0.15, 0.2) is 0 Å². The molecule has 114 valence electrons. The van der Waals surface area contributed by atoms with Crippen LogP contribution in [-0.2, 0) is 6.42 Å². The summed E-state index contributed by atoms with van der Waals surface area (Å²) in [6, 6.07) is 5.47. The Morgan fingerprint density at radius 3 is 2.76 bits per heavy atom. The molecule has 0 amide bonds. The zero-order valence-corrected chi connectivity index (χ0v) is 13.2. The Hall–Kier alpha value is -1.70. The fourth-order valence-electron chi connectivity index (χ4n) is 2.21. The lowest BCUT2D eigenvalue weighted by Crippen LogP contribution is -2.29. The van der Waals surface area contributed by atoms with Crippen molar-refractivity contribution < 1.29 is 9.47 Å². The summed E-state index contributed by atoms with van der Waals surface area (Å²) in [7, 11) is 3.25. The van der Waals surface area contributed by atoms with Crippen molar-refractivity contribution in [3.63, 3.8) is 0 Å². The van der Waals surface area contributed by atoms with E-state index in [-0.39, 0.29) is 6.04 Å². The van der Waals surface area contributed by atoms with E-state index in [1.807, 2.05) is 18.2 Å². The number of benzene rings is 1. The van der Waals surface area contributed by atoms with E-state index in [9.17, 15) is 0 Å². The molecule has 2 aromatic rings. The second kappa shape index (κ2) is 7.35. The number of hydrogen-bond acceptors (Lipinski definition) is 7. The van der Waals surface area contributed by atoms with Gasteiger partial charge in [-0.3, -0.25) is 5.84 Å². The van der Waals surface area contributed by atoms with Gasteiger partial charge in [-0.05, 0) is 30.1 Å². The molecule has 1 atom stereocenters. The van der Waals surface area contributed by atoms with E-state index in [0.29, 0.717) is 5.75 Å². The van der Waals surface area contributed by atoms with Gasteiger partial charge in [-0.1, -0.05) is 17.8 Å². The van der Waals surface area contributed by atoms with Gasteiger partial charge in [-0.2, -0.15) is 0 Å². The predicted octanol–water partition coefficient (Wildman–Crippen LogP) is 2.06. The van der Waals surface area contributed by atoms with Gasteiger partial charge >= 0.3 is 0 Å². The minimum Gasteiger partial charge on any atom is -0.497 e. The molecule has 6 nitrogen and oxygen atoms in total. The molecular weight excluding hydrogens is 288 g/mol. The third-order valence-corrected chi connectivity index (χ3v) is 4.08. The summed E-state index contributed by atoms with van der Waals surface area (Å²) < 4.78 is 14.7. The van der Waals surface area contributed by atoms with E-state index >= 15 is 0 Å². The normalized spacial score (nSPS) is 12.2. The van der Waals surface area contributed by atoms with Crippen molar-refractivity contribution in [2.75, 3.05) is 14.2 Å². The van der Waals surface area contributed by atoms with Crippen molar-refractivity contribution >= 4 is 11.5 Å². The van der Waals surface area contributed by atoms with Crippen LogP contribution in [0.4, 0.5) is 0 Å². The second-order valence-electron chi connectivity index (χ2n) is 4.54. The summed E-state index contributed by atoms with van der Waals surface area (Å²) >= 11 is 1.36. The molecule has 0 bridgehead atoms. The molecule has 0 saturated carbocycles. The number of nitrogens with two attached hydrogens (primary N) is 1. The van der Waals surface area contributed by atoms with Crippen LogP contribution in [0, 0.1) is 0 Å². The van der Waals surface area contributed by atoms with Crippen molar-refractivity contribution in [2.45, 2.75) is 25.8 Å². The van der Waals surface area contributed by atoms with Crippen LogP contribution in [0.15, 0.2) is 18.2 Å². The first kappa shape index (κ1) is 15.7. The number of ether oxygens (including phenoxy) is 2. The topological polar surface area (TPSA) is 82.3 Å². The second-order valence-corrected chi connectivity index (χ2v) is 5.33. The van der Waals surface area contributed by atoms with Gasteiger partial charge in [0.25, 0.3) is 0 Å². The predicted molar refractivity (Wildman–Crippen MR) is 82.6 cm³/mol. The number of nitrogens with one attached hydrogen (secondary N) is 1. The Bertz CT molecular complexity index is 588. The summed E-state index contributed by atoms with van der Waals surface area (Å²) in [4.78, 5) is 1.02. The lowest BCUT2D eigenvalue weighted by Gasteiger charge is -2.19. The van der Waals surface area contributed by atoms with Gasteiger partial charge in [0, 0.05) is 11.6 Å². The zero-order valence-electron chi connectivity index (χ0n) is 12.4. The highest BCUT2D eigenvalue weighted by molar-refractivity contribution is 7.05. The fourth-order valence-corrected chi connectivity index (χ4v) is 2.98. The molecule has 2 rings (SSSR count). The standard InChI is InChI=1S/C14H20N4O2S/c1-4-5-11-14(21-18-17-11)13(16-15)10-7-6-9(19-2)8-12(10)20-3/h6-8,13,16H,4-5,15H2,1-3H3. The molecule has 0 saturated heterocycles. The third kappa shape index (κ3) is 3.31. The van der Waals surface area contributed by atoms with E-state index in [1.54, 1.807) is 14.2 Å². The molecule has 0 fully saturated rings. The maximum Gasteiger partial charge on any atom is 0.127 e. The summed E-state index contributed by atoms with van der Waals surface area (Å²) in [5, 5.41) is 4.20. The van der Waals surface area contributed by atoms with Gasteiger partial charge in [-0.15, -0.1) is 5.10 Å². The Balaban J connectivity index is 2.43. The lowest BCUT2D eigenvalue weighted by molar-refractivity contribution is 0.387. The molecular formula is C14H20N4O2S. The molecule has 0 spiro atoms. The van der Waals surface area contributed by atoms with Crippen LogP contribution in [0.3, 0.4) is 0 Å². The first-order valence-electron chi connectivity index (χ1n) is 6.74. The van der Waals surface area contributed by atoms with E-state index < -0.39 is 0 Å². The van der Waals surface area contributed by atoms with Crippen LogP contribution in [-0.4, -0.2) is 23.8 Å². The molecule has 21 heavy (non-hydrogen) atoms. The van der Waals surface area contributed by atoms with Crippen molar-refractivity contribution in [3.05, 3.63) is 34.3 Å². The highest BCUT2D eigenvalue weighted by atomic mass is 32.1. The fraction of sp³-hybridized carbons (Fsp3) is 0.429. The zero-order chi connectivity index (χ0) is 15.2. The van der Waals surface area contributed by atoms with Crippen molar-refractivity contribution in [1.29, 1.82) is 0 Å². The monoisotopic (exact) mass is 308 g/mol. The summed E-state index contributed by atoms with van der Waals surface area (Å²) in [5.74, 6) is 7.22. The molecule has 0 aliphatic carbocycles. The average Bonchev–Trinajstić information content (AvgIpc) is 2.97. The Morgan fingerprint density at radius 2 is 2.14 bits per heavy atom. The number of hydrazine groups is 1. The van der Waals surface area contributed by atoms with Gasteiger partial charge in [-0.25, -0.2) is 5.43 Å². The van der Waals surface area contributed by atoms with Crippen LogP contribution in [0.2, 0.25) is 0 Å². The Labute approximate surface area is 128 Å². The van der Waals surface area contributed by atoms with E-state index in [2.05, 4.69) is 21.9 Å². The minimum absolute atomic E-state index is 0.201. The van der Waals surface area contributed by atoms with Gasteiger partial charge in [0.1, 0.15) is 11.5 Å². The Morgan fingerprint density at radius 1 is 1.33 bits per heavy atom. The SMILES string of the molecule is CCCc1nnsc1C(NN)c1ccc(OC)cc1OC. The van der Waals surface area contributed by atoms with E-state index in [1.165, 1.54) is 11.5 Å². The van der Waals surface area contributed by atoms with Gasteiger partial charge < -0.3 is 9.47 Å². The number of methoxy groups -OCH3 is 2. The molecule has 0 radical (unpaired) electrons. The molecule has 7 heteroatoms. The molecule has 1 aromatic heterocycles. The number of hydrogen-bond donors (Lipinski definition) is 2. The van der Waals surface area contributed by atoms with Crippen LogP contribution in [0.25, 0.3) is 0 Å². The van der Waals surface area contributed by atoms with Crippen molar-refractivity contribution in [2.24, 2.45) is 5.84 Å². The first-order chi connectivity index (χ1) is 10.2. The van der Waals surface area contributed by atoms with E-state index in [0.717, 1.165) is 34.7 Å². The first-order valence-corrected chi connectivity index (χ1v) is 7.51. The number of nitrogens with zero attached hydrogens (tertiary/aromatic N) is 2. The number of aromatic nitrogens is 2. The third-order valence-electron chi connectivity index (χ3n) is 3.25. The molecule has 1 aromatic carbocycles. The maximum atomic E-state index is 5.77. The van der Waals surface area contributed by atoms with E-state index in [4.69, 9.17) is 15.3 Å². The maximum absolute atomic E-state index is 5.77. The summed E-state index contributed by atoms with van der Waals surface area (Å²) in [6.45, 7) is 2.11. The van der Waals surface area contributed by atoms with Crippen LogP contribution in [0.5, 0.6) is 11.5 Å². The van der Waals surface area contributed by atoms with Crippen LogP contribution < -0.4 is 20.7 Å². The highest BCUT2D eigenvalue weighted by Crippen LogP contribution is 2.35. The highest BCUT2D eigenvalue weighted by Gasteiger charge is 2.23. The minimum atomic E-state index is -0.201. The van der Waals surface area contributed by atoms with Gasteiger partial charge in [0.05, 0.1) is 30.8 Å². The van der Waals surface area contributed by atoms with Crippen molar-refractivity contribution in [1.82, 2.24) is 15.0 Å². The van der Waals surface area contributed by atoms with Crippen LogP contribution in [0.1, 0.15) is 35.5 Å². The largest absolute Gasteiger partial charge is 0.497 e. The van der Waals surface area contributed by atoms with Crippen LogP contribution >= 0.6 is 11.5 Å². The Kier molecular flexibility index (Phi) is 5.49. The molecule has 1 unspecified atom stereocenters. The van der Waals surface area contributed by atoms with Gasteiger partial charge in [0.2, 0.25) is 0 Å². The molecule has 3 N–H and O–H groups in total. The molecule has 0 aliphatic rings. The molecule has 0 aliphatic heterocycles.